The lowest BCUT2D eigenvalue weighted by molar-refractivity contribution is -0.122. The van der Waals surface area contributed by atoms with Gasteiger partial charge in [-0.05, 0) is 60.2 Å². The molecule has 0 radical (unpaired) electrons. The molecule has 1 aromatic heterocycles. The van der Waals surface area contributed by atoms with Crippen molar-refractivity contribution in [3.05, 3.63) is 103 Å². The van der Waals surface area contributed by atoms with Crippen molar-refractivity contribution in [3.63, 3.8) is 0 Å². The summed E-state index contributed by atoms with van der Waals surface area (Å²) in [4.78, 5) is 55.1. The van der Waals surface area contributed by atoms with Crippen LogP contribution >= 0.6 is 46.3 Å². The second-order valence-corrected chi connectivity index (χ2v) is 12.5. The van der Waals surface area contributed by atoms with Crippen LogP contribution in [0.25, 0.3) is 0 Å². The van der Waals surface area contributed by atoms with E-state index in [9.17, 15) is 23.6 Å². The number of carbonyl (C=O) groups is 3. The highest BCUT2D eigenvalue weighted by Gasteiger charge is 2.57. The molecule has 1 N–H and O–H groups in total. The van der Waals surface area contributed by atoms with Crippen molar-refractivity contribution < 1.29 is 23.5 Å². The second kappa shape index (κ2) is 11.2. The van der Waals surface area contributed by atoms with Gasteiger partial charge in [0.25, 0.3) is 0 Å². The maximum Gasteiger partial charge on any atom is 0.308 e. The molecule has 0 aliphatic carbocycles. The number of aromatic nitrogens is 1. The van der Waals surface area contributed by atoms with Crippen LogP contribution in [0.5, 0.6) is 5.75 Å². The van der Waals surface area contributed by atoms with Crippen molar-refractivity contribution in [2.24, 2.45) is 5.92 Å². The third-order valence-electron chi connectivity index (χ3n) is 7.13. The Hall–Kier alpha value is -3.64. The van der Waals surface area contributed by atoms with E-state index in [4.69, 9.17) is 27.9 Å². The minimum atomic E-state index is -0.931. The molecule has 1 fully saturated rings. The molecule has 13 heteroatoms. The number of ether oxygens (including phenoxy) is 1. The number of anilines is 2. The van der Waals surface area contributed by atoms with Crippen LogP contribution in [0.1, 0.15) is 16.4 Å². The first-order chi connectivity index (χ1) is 20.2. The number of methoxy groups -OCH3 is 1. The number of benzene rings is 3. The van der Waals surface area contributed by atoms with Crippen LogP contribution in [0.2, 0.25) is 10.0 Å². The van der Waals surface area contributed by atoms with Gasteiger partial charge in [0.1, 0.15) is 23.4 Å². The second-order valence-electron chi connectivity index (χ2n) is 9.57. The van der Waals surface area contributed by atoms with Gasteiger partial charge >= 0.3 is 4.87 Å². The standard InChI is InChI=1S/C29H20Cl2FN3O5S2/c1-40-17-11-7-15(8-12-17)33-20(36)13-34-28-25(42-29(34)39)21(18-3-2-4-19(30)23(18)31)22-24(41-28)27(38)35(26(22)37)16-9-5-14(32)6-10-16/h2-12,21-22,24H,13H2,1H3,(H,33,36)/t21-,22?,24?/m1/s1. The average molecular weight is 645 g/mol. The number of amides is 3. The third kappa shape index (κ3) is 4.90. The number of imide groups is 1. The smallest absolute Gasteiger partial charge is 0.308 e. The quantitative estimate of drug-likeness (QED) is 0.267. The maximum absolute atomic E-state index is 13.9. The molecule has 8 nitrogen and oxygen atoms in total. The first-order valence-electron chi connectivity index (χ1n) is 12.6. The van der Waals surface area contributed by atoms with Crippen LogP contribution in [0, 0.1) is 11.7 Å². The largest absolute Gasteiger partial charge is 0.497 e. The van der Waals surface area contributed by atoms with E-state index in [1.54, 1.807) is 42.5 Å². The number of rotatable bonds is 6. The van der Waals surface area contributed by atoms with Crippen molar-refractivity contribution >= 4 is 75.4 Å². The monoisotopic (exact) mass is 643 g/mol. The van der Waals surface area contributed by atoms with Crippen molar-refractivity contribution in [3.8, 4) is 5.75 Å². The van der Waals surface area contributed by atoms with E-state index in [0.29, 0.717) is 26.9 Å². The van der Waals surface area contributed by atoms with Crippen LogP contribution in [0.15, 0.2) is 76.6 Å². The molecule has 3 amide bonds. The normalized spacial score (nSPS) is 19.4. The first-order valence-corrected chi connectivity index (χ1v) is 15.0. The van der Waals surface area contributed by atoms with Crippen LogP contribution in [0.4, 0.5) is 15.8 Å². The van der Waals surface area contributed by atoms with Gasteiger partial charge in [0.15, 0.2) is 0 Å². The number of thioether (sulfide) groups is 1. The van der Waals surface area contributed by atoms with Gasteiger partial charge in [-0.3, -0.25) is 23.7 Å². The van der Waals surface area contributed by atoms with Crippen LogP contribution in [-0.2, 0) is 20.9 Å². The Labute approximate surface area is 257 Å². The Morgan fingerprint density at radius 1 is 1.00 bits per heavy atom. The van der Waals surface area contributed by atoms with Gasteiger partial charge in [-0.1, -0.05) is 58.4 Å². The lowest BCUT2D eigenvalue weighted by atomic mass is 9.83. The predicted octanol–water partition coefficient (Wildman–Crippen LogP) is 5.80. The van der Waals surface area contributed by atoms with Gasteiger partial charge in [0.05, 0.1) is 33.8 Å². The third-order valence-corrected chi connectivity index (χ3v) is 10.6. The van der Waals surface area contributed by atoms with E-state index >= 15 is 0 Å². The average Bonchev–Trinajstić information content (AvgIpc) is 3.42. The van der Waals surface area contributed by atoms with Gasteiger partial charge in [0, 0.05) is 16.5 Å². The molecule has 2 aliphatic rings. The van der Waals surface area contributed by atoms with Gasteiger partial charge in [-0.15, -0.1) is 0 Å². The summed E-state index contributed by atoms with van der Waals surface area (Å²) in [6.07, 6.45) is 0. The molecule has 3 aromatic carbocycles. The molecule has 0 spiro atoms. The molecule has 0 bridgehead atoms. The zero-order chi connectivity index (χ0) is 29.7. The van der Waals surface area contributed by atoms with Crippen LogP contribution < -0.4 is 19.8 Å². The topological polar surface area (TPSA) is 97.7 Å². The van der Waals surface area contributed by atoms with Gasteiger partial charge in [0.2, 0.25) is 17.7 Å². The number of hydrogen-bond acceptors (Lipinski definition) is 7. The molecule has 214 valence electrons. The van der Waals surface area contributed by atoms with Crippen molar-refractivity contribution in [1.82, 2.24) is 4.57 Å². The van der Waals surface area contributed by atoms with Gasteiger partial charge < -0.3 is 10.1 Å². The number of hydrogen-bond donors (Lipinski definition) is 1. The lowest BCUT2D eigenvalue weighted by Crippen LogP contribution is -2.33. The fourth-order valence-corrected chi connectivity index (χ4v) is 8.40. The molecule has 6 rings (SSSR count). The number of halogens is 3. The molecule has 1 saturated heterocycles. The molecular weight excluding hydrogens is 624 g/mol. The van der Waals surface area contributed by atoms with Crippen molar-refractivity contribution in [2.75, 3.05) is 17.3 Å². The Balaban J connectivity index is 1.41. The molecule has 3 atom stereocenters. The molecule has 3 heterocycles. The number of nitrogens with one attached hydrogen (secondary N) is 1. The molecule has 4 aromatic rings. The summed E-state index contributed by atoms with van der Waals surface area (Å²) in [5, 5.41) is 2.69. The van der Waals surface area contributed by atoms with Crippen molar-refractivity contribution in [2.45, 2.75) is 22.7 Å². The number of thiazole rings is 1. The Morgan fingerprint density at radius 3 is 2.40 bits per heavy atom. The van der Waals surface area contributed by atoms with E-state index in [0.717, 1.165) is 28.0 Å². The molecule has 42 heavy (non-hydrogen) atoms. The highest BCUT2D eigenvalue weighted by atomic mass is 35.5. The summed E-state index contributed by atoms with van der Waals surface area (Å²) in [6, 6.07) is 16.8. The minimum absolute atomic E-state index is 0.200. The Morgan fingerprint density at radius 2 is 1.71 bits per heavy atom. The lowest BCUT2D eigenvalue weighted by Gasteiger charge is -2.31. The van der Waals surface area contributed by atoms with Crippen LogP contribution in [-0.4, -0.2) is 34.6 Å². The predicted molar refractivity (Wildman–Crippen MR) is 161 cm³/mol. The van der Waals surface area contributed by atoms with E-state index < -0.39 is 45.5 Å². The summed E-state index contributed by atoms with van der Waals surface area (Å²) in [5.41, 5.74) is 1.23. The summed E-state index contributed by atoms with van der Waals surface area (Å²) < 4.78 is 20.1. The molecule has 2 unspecified atom stereocenters. The first kappa shape index (κ1) is 28.5. The summed E-state index contributed by atoms with van der Waals surface area (Å²) in [6.45, 7) is -0.319. The number of fused-ring (bicyclic) bond motifs is 2. The van der Waals surface area contributed by atoms with E-state index in [2.05, 4.69) is 5.32 Å². The Kier molecular flexibility index (Phi) is 7.61. The molecule has 2 aliphatic heterocycles. The Bertz CT molecular complexity index is 1790. The summed E-state index contributed by atoms with van der Waals surface area (Å²) in [5.74, 6) is -3.06. The zero-order valence-electron chi connectivity index (χ0n) is 21.7. The van der Waals surface area contributed by atoms with Gasteiger partial charge in [-0.2, -0.15) is 0 Å². The summed E-state index contributed by atoms with van der Waals surface area (Å²) in [7, 11) is 1.54. The number of carbonyl (C=O) groups excluding carboxylic acids is 3. The highest BCUT2D eigenvalue weighted by molar-refractivity contribution is 8.00. The molecule has 0 saturated carbocycles. The minimum Gasteiger partial charge on any atom is -0.497 e. The van der Waals surface area contributed by atoms with Gasteiger partial charge in [-0.25, -0.2) is 9.29 Å². The fourth-order valence-electron chi connectivity index (χ4n) is 5.21. The van der Waals surface area contributed by atoms with E-state index in [1.165, 1.54) is 35.9 Å². The van der Waals surface area contributed by atoms with E-state index in [1.807, 2.05) is 0 Å². The highest BCUT2D eigenvalue weighted by Crippen LogP contribution is 2.55. The number of nitrogens with zero attached hydrogens (tertiary/aromatic N) is 2. The van der Waals surface area contributed by atoms with Crippen molar-refractivity contribution in [1.29, 1.82) is 0 Å². The van der Waals surface area contributed by atoms with Crippen LogP contribution in [0.3, 0.4) is 0 Å². The summed E-state index contributed by atoms with van der Waals surface area (Å²) >= 11 is 14.9. The fraction of sp³-hybridized carbons (Fsp3) is 0.172. The van der Waals surface area contributed by atoms with E-state index in [-0.39, 0.29) is 22.3 Å². The maximum atomic E-state index is 13.9. The zero-order valence-corrected chi connectivity index (χ0v) is 24.8. The molecular formula is C29H20Cl2FN3O5S2. The SMILES string of the molecule is COc1ccc(NC(=O)Cn2c3c(sc2=O)[C@H](c2cccc(Cl)c2Cl)C2C(=O)N(c4ccc(F)cc4)C(=O)C2S3)cc1.